The summed E-state index contributed by atoms with van der Waals surface area (Å²) in [6.45, 7) is 1.76. The summed E-state index contributed by atoms with van der Waals surface area (Å²) in [6, 6.07) is 0.342. The fourth-order valence-corrected chi connectivity index (χ4v) is 2.09. The van der Waals surface area contributed by atoms with Gasteiger partial charge in [-0.1, -0.05) is 0 Å². The molecule has 1 atom stereocenters. The summed E-state index contributed by atoms with van der Waals surface area (Å²) in [5.41, 5.74) is 0. The predicted octanol–water partition coefficient (Wildman–Crippen LogP) is 1.10. The van der Waals surface area contributed by atoms with Crippen molar-refractivity contribution in [3.05, 3.63) is 18.2 Å². The summed E-state index contributed by atoms with van der Waals surface area (Å²) in [7, 11) is 1.99. The minimum absolute atomic E-state index is 0.342. The predicted molar refractivity (Wildman–Crippen MR) is 53.9 cm³/mol. The summed E-state index contributed by atoms with van der Waals surface area (Å²) < 4.78 is 5.35. The molecular formula is C10H17N3O. The minimum Gasteiger partial charge on any atom is -0.381 e. The number of aromatic nitrogens is 2. The molecule has 0 aromatic carbocycles. The fraction of sp³-hybridized carbons (Fsp3) is 0.700. The number of H-pyrrole nitrogens is 1. The van der Waals surface area contributed by atoms with Gasteiger partial charge in [0.2, 0.25) is 0 Å². The molecule has 0 amide bonds. The van der Waals surface area contributed by atoms with Crippen molar-refractivity contribution in [1.29, 1.82) is 0 Å². The molecule has 1 aromatic heterocycles. The Labute approximate surface area is 84.1 Å². The number of hydrogen-bond acceptors (Lipinski definition) is 3. The van der Waals surface area contributed by atoms with Crippen molar-refractivity contribution in [1.82, 2.24) is 15.3 Å². The van der Waals surface area contributed by atoms with Gasteiger partial charge in [-0.15, -0.1) is 0 Å². The van der Waals surface area contributed by atoms with Gasteiger partial charge in [-0.2, -0.15) is 0 Å². The first kappa shape index (κ1) is 9.68. The lowest BCUT2D eigenvalue weighted by atomic mass is 9.91. The highest BCUT2D eigenvalue weighted by Gasteiger charge is 2.25. The van der Waals surface area contributed by atoms with Crippen molar-refractivity contribution in [2.24, 2.45) is 5.92 Å². The van der Waals surface area contributed by atoms with Crippen molar-refractivity contribution in [3.8, 4) is 0 Å². The molecule has 2 N–H and O–H groups in total. The van der Waals surface area contributed by atoms with Gasteiger partial charge in [0.15, 0.2) is 0 Å². The first-order valence-electron chi connectivity index (χ1n) is 5.16. The summed E-state index contributed by atoms with van der Waals surface area (Å²) in [5, 5.41) is 3.32. The first-order valence-corrected chi connectivity index (χ1v) is 5.16. The molecule has 4 nitrogen and oxygen atoms in total. The van der Waals surface area contributed by atoms with E-state index in [1.165, 1.54) is 0 Å². The van der Waals surface area contributed by atoms with E-state index in [9.17, 15) is 0 Å². The highest BCUT2D eigenvalue weighted by atomic mass is 16.5. The third-order valence-electron chi connectivity index (χ3n) is 2.86. The molecule has 1 aromatic rings. The second kappa shape index (κ2) is 4.57. The van der Waals surface area contributed by atoms with E-state index in [2.05, 4.69) is 15.3 Å². The molecule has 14 heavy (non-hydrogen) atoms. The van der Waals surface area contributed by atoms with Crippen LogP contribution in [0.4, 0.5) is 0 Å². The molecule has 0 radical (unpaired) electrons. The Morgan fingerprint density at radius 3 is 2.93 bits per heavy atom. The standard InChI is InChI=1S/C10H17N3O/c1-11-9(10-12-4-5-13-10)8-2-6-14-7-3-8/h4-5,8-9,11H,2-3,6-7H2,1H3,(H,12,13). The lowest BCUT2D eigenvalue weighted by Crippen LogP contribution is -2.30. The van der Waals surface area contributed by atoms with Crippen LogP contribution < -0.4 is 5.32 Å². The average Bonchev–Trinajstić information content (AvgIpc) is 2.74. The van der Waals surface area contributed by atoms with Gasteiger partial charge in [-0.25, -0.2) is 4.98 Å². The number of ether oxygens (including phenoxy) is 1. The lowest BCUT2D eigenvalue weighted by molar-refractivity contribution is 0.0536. The normalized spacial score (nSPS) is 20.9. The summed E-state index contributed by atoms with van der Waals surface area (Å²) in [4.78, 5) is 7.47. The number of nitrogens with zero attached hydrogens (tertiary/aromatic N) is 1. The second-order valence-electron chi connectivity index (χ2n) is 3.69. The molecule has 2 rings (SSSR count). The van der Waals surface area contributed by atoms with Gasteiger partial charge in [-0.3, -0.25) is 0 Å². The molecule has 1 fully saturated rings. The molecule has 1 unspecified atom stereocenters. The molecule has 2 heterocycles. The molecular weight excluding hydrogens is 178 g/mol. The van der Waals surface area contributed by atoms with Gasteiger partial charge >= 0.3 is 0 Å². The van der Waals surface area contributed by atoms with Crippen LogP contribution in [0.5, 0.6) is 0 Å². The molecule has 0 spiro atoms. The van der Waals surface area contributed by atoms with Gasteiger partial charge in [0.25, 0.3) is 0 Å². The van der Waals surface area contributed by atoms with Gasteiger partial charge < -0.3 is 15.0 Å². The molecule has 1 aliphatic heterocycles. The van der Waals surface area contributed by atoms with Gasteiger partial charge in [0, 0.05) is 25.6 Å². The maximum atomic E-state index is 5.35. The Morgan fingerprint density at radius 2 is 2.36 bits per heavy atom. The first-order chi connectivity index (χ1) is 6.92. The number of hydrogen-bond donors (Lipinski definition) is 2. The molecule has 0 saturated carbocycles. The van der Waals surface area contributed by atoms with Crippen LogP contribution in [0, 0.1) is 5.92 Å². The monoisotopic (exact) mass is 195 g/mol. The van der Waals surface area contributed by atoms with Crippen molar-refractivity contribution in [2.45, 2.75) is 18.9 Å². The van der Waals surface area contributed by atoms with E-state index in [4.69, 9.17) is 4.74 Å². The highest BCUT2D eigenvalue weighted by Crippen LogP contribution is 2.27. The third-order valence-corrected chi connectivity index (χ3v) is 2.86. The van der Waals surface area contributed by atoms with E-state index in [1.807, 2.05) is 13.2 Å². The molecule has 4 heteroatoms. The largest absolute Gasteiger partial charge is 0.381 e. The summed E-state index contributed by atoms with van der Waals surface area (Å²) in [6.07, 6.45) is 5.91. The lowest BCUT2D eigenvalue weighted by Gasteiger charge is -2.28. The van der Waals surface area contributed by atoms with E-state index < -0.39 is 0 Å². The second-order valence-corrected chi connectivity index (χ2v) is 3.69. The molecule has 1 saturated heterocycles. The van der Waals surface area contributed by atoms with Crippen molar-refractivity contribution in [2.75, 3.05) is 20.3 Å². The topological polar surface area (TPSA) is 49.9 Å². The maximum Gasteiger partial charge on any atom is 0.123 e. The van der Waals surface area contributed by atoms with Gasteiger partial charge in [0.1, 0.15) is 5.82 Å². The van der Waals surface area contributed by atoms with E-state index in [-0.39, 0.29) is 0 Å². The van der Waals surface area contributed by atoms with E-state index in [0.717, 1.165) is 31.9 Å². The minimum atomic E-state index is 0.342. The van der Waals surface area contributed by atoms with E-state index in [1.54, 1.807) is 6.20 Å². The number of imidazole rings is 1. The third kappa shape index (κ3) is 1.96. The Bertz CT molecular complexity index is 254. The smallest absolute Gasteiger partial charge is 0.123 e. The highest BCUT2D eigenvalue weighted by molar-refractivity contribution is 4.98. The van der Waals surface area contributed by atoms with Crippen LogP contribution in [-0.4, -0.2) is 30.2 Å². The average molecular weight is 195 g/mol. The van der Waals surface area contributed by atoms with Crippen LogP contribution in [0.1, 0.15) is 24.7 Å². The van der Waals surface area contributed by atoms with Crippen molar-refractivity contribution in [3.63, 3.8) is 0 Å². The van der Waals surface area contributed by atoms with Crippen LogP contribution in [0.2, 0.25) is 0 Å². The Kier molecular flexibility index (Phi) is 3.16. The molecule has 1 aliphatic rings. The van der Waals surface area contributed by atoms with Crippen LogP contribution in [0.25, 0.3) is 0 Å². The van der Waals surface area contributed by atoms with E-state index >= 15 is 0 Å². The van der Waals surface area contributed by atoms with Crippen molar-refractivity contribution < 1.29 is 4.74 Å². The Balaban J connectivity index is 2.04. The zero-order valence-corrected chi connectivity index (χ0v) is 8.49. The molecule has 0 bridgehead atoms. The van der Waals surface area contributed by atoms with Crippen LogP contribution >= 0.6 is 0 Å². The summed E-state index contributed by atoms with van der Waals surface area (Å²) >= 11 is 0. The van der Waals surface area contributed by atoms with Crippen molar-refractivity contribution >= 4 is 0 Å². The Morgan fingerprint density at radius 1 is 1.57 bits per heavy atom. The Hall–Kier alpha value is -0.870. The quantitative estimate of drug-likeness (QED) is 0.759. The van der Waals surface area contributed by atoms with Crippen LogP contribution in [0.15, 0.2) is 12.4 Å². The van der Waals surface area contributed by atoms with Gasteiger partial charge in [0.05, 0.1) is 6.04 Å². The SMILES string of the molecule is CNC(c1ncc[nH]1)C1CCOCC1. The zero-order chi connectivity index (χ0) is 9.80. The number of nitrogens with one attached hydrogen (secondary N) is 2. The summed E-state index contributed by atoms with van der Waals surface area (Å²) in [5.74, 6) is 1.68. The number of rotatable bonds is 3. The number of aromatic amines is 1. The maximum absolute atomic E-state index is 5.35. The van der Waals surface area contributed by atoms with Gasteiger partial charge in [-0.05, 0) is 25.8 Å². The van der Waals surface area contributed by atoms with Crippen LogP contribution in [-0.2, 0) is 4.74 Å². The molecule has 0 aliphatic carbocycles. The fourth-order valence-electron chi connectivity index (χ4n) is 2.09. The van der Waals surface area contributed by atoms with E-state index in [0.29, 0.717) is 12.0 Å². The van der Waals surface area contributed by atoms with Crippen LogP contribution in [0.3, 0.4) is 0 Å². The zero-order valence-electron chi connectivity index (χ0n) is 8.49. The molecule has 78 valence electrons.